The van der Waals surface area contributed by atoms with Gasteiger partial charge < -0.3 is 24.6 Å². The highest BCUT2D eigenvalue weighted by Crippen LogP contribution is 2.32. The number of amides is 3. The number of hydrogen-bond acceptors (Lipinski definition) is 5. The number of carbonyl (C=O) groups excluding carboxylic acids is 3. The quantitative estimate of drug-likeness (QED) is 0.737. The number of benzene rings is 2. The van der Waals surface area contributed by atoms with Crippen LogP contribution in [0.5, 0.6) is 11.5 Å². The molecule has 1 atom stereocenters. The van der Waals surface area contributed by atoms with Crippen LogP contribution in [0.25, 0.3) is 0 Å². The van der Waals surface area contributed by atoms with Crippen LogP contribution in [0.4, 0.5) is 5.69 Å². The van der Waals surface area contributed by atoms with Crippen LogP contribution in [0.15, 0.2) is 42.5 Å². The maximum atomic E-state index is 13.1. The van der Waals surface area contributed by atoms with Crippen molar-refractivity contribution in [3.63, 3.8) is 0 Å². The maximum Gasteiger partial charge on any atom is 0.231 e. The van der Waals surface area contributed by atoms with Crippen LogP contribution < -0.4 is 19.7 Å². The van der Waals surface area contributed by atoms with Gasteiger partial charge in [0.15, 0.2) is 11.5 Å². The van der Waals surface area contributed by atoms with Gasteiger partial charge in [0, 0.05) is 44.2 Å². The van der Waals surface area contributed by atoms with Gasteiger partial charge in [0.25, 0.3) is 0 Å². The average Bonchev–Trinajstić information content (AvgIpc) is 3.49. The van der Waals surface area contributed by atoms with Crippen molar-refractivity contribution in [2.45, 2.75) is 32.7 Å². The van der Waals surface area contributed by atoms with E-state index in [1.807, 2.05) is 54.3 Å². The summed E-state index contributed by atoms with van der Waals surface area (Å²) in [5, 5.41) is 3.00. The first-order valence-corrected chi connectivity index (χ1v) is 11.8. The van der Waals surface area contributed by atoms with Gasteiger partial charge in [-0.25, -0.2) is 0 Å². The molecular formula is C26H29N3O5. The number of fused-ring (bicyclic) bond motifs is 1. The molecule has 34 heavy (non-hydrogen) atoms. The molecule has 1 N–H and O–H groups in total. The number of ether oxygens (including phenoxy) is 2. The fourth-order valence-corrected chi connectivity index (χ4v) is 4.85. The molecule has 0 aromatic heterocycles. The third kappa shape index (κ3) is 4.58. The van der Waals surface area contributed by atoms with E-state index in [0.29, 0.717) is 44.8 Å². The molecule has 2 aromatic rings. The molecule has 2 aromatic carbocycles. The first kappa shape index (κ1) is 22.3. The minimum atomic E-state index is -0.329. The van der Waals surface area contributed by atoms with E-state index < -0.39 is 0 Å². The smallest absolute Gasteiger partial charge is 0.231 e. The van der Waals surface area contributed by atoms with Crippen molar-refractivity contribution in [3.8, 4) is 11.5 Å². The van der Waals surface area contributed by atoms with Crippen molar-refractivity contribution < 1.29 is 23.9 Å². The van der Waals surface area contributed by atoms with E-state index in [4.69, 9.17) is 9.47 Å². The fourth-order valence-electron chi connectivity index (χ4n) is 4.85. The van der Waals surface area contributed by atoms with Crippen molar-refractivity contribution in [1.82, 2.24) is 10.2 Å². The molecule has 1 unspecified atom stereocenters. The third-order valence-electron chi connectivity index (χ3n) is 6.90. The Morgan fingerprint density at radius 2 is 1.74 bits per heavy atom. The molecule has 5 rings (SSSR count). The second kappa shape index (κ2) is 9.37. The fraction of sp³-hybridized carbons (Fsp3) is 0.423. The molecule has 2 fully saturated rings. The zero-order valence-corrected chi connectivity index (χ0v) is 19.3. The molecule has 0 saturated carbocycles. The molecular weight excluding hydrogens is 434 g/mol. The Morgan fingerprint density at radius 3 is 2.50 bits per heavy atom. The minimum Gasteiger partial charge on any atom is -0.454 e. The molecule has 3 aliphatic heterocycles. The van der Waals surface area contributed by atoms with Crippen LogP contribution in [0.2, 0.25) is 0 Å². The van der Waals surface area contributed by atoms with Crippen LogP contribution in [-0.4, -0.2) is 49.0 Å². The van der Waals surface area contributed by atoms with Gasteiger partial charge in [0.2, 0.25) is 24.5 Å². The molecule has 8 heteroatoms. The molecule has 0 bridgehead atoms. The largest absolute Gasteiger partial charge is 0.454 e. The van der Waals surface area contributed by atoms with Crippen LogP contribution in [0.3, 0.4) is 0 Å². The van der Waals surface area contributed by atoms with Crippen molar-refractivity contribution >= 4 is 23.4 Å². The van der Waals surface area contributed by atoms with E-state index in [-0.39, 0.29) is 42.8 Å². The highest BCUT2D eigenvalue weighted by Gasteiger charge is 2.38. The van der Waals surface area contributed by atoms with E-state index in [1.165, 1.54) is 0 Å². The van der Waals surface area contributed by atoms with E-state index in [2.05, 4.69) is 5.32 Å². The average molecular weight is 464 g/mol. The van der Waals surface area contributed by atoms with Crippen molar-refractivity contribution in [2.75, 3.05) is 31.3 Å². The number of nitrogens with one attached hydrogen (secondary N) is 1. The summed E-state index contributed by atoms with van der Waals surface area (Å²) in [4.78, 5) is 41.8. The van der Waals surface area contributed by atoms with Crippen LogP contribution in [0, 0.1) is 18.8 Å². The summed E-state index contributed by atoms with van der Waals surface area (Å²) >= 11 is 0. The summed E-state index contributed by atoms with van der Waals surface area (Å²) < 4.78 is 10.7. The van der Waals surface area contributed by atoms with Gasteiger partial charge in [0.1, 0.15) is 0 Å². The standard InChI is InChI=1S/C26H29N3O5/c1-17-2-5-21(6-3-17)29-15-20(13-24(29)30)26(32)28-10-8-19(9-11-28)25(31)27-14-18-4-7-22-23(12-18)34-16-33-22/h2-7,12,19-20H,8-11,13-16H2,1H3,(H,27,31). The Labute approximate surface area is 198 Å². The van der Waals surface area contributed by atoms with Crippen molar-refractivity contribution in [2.24, 2.45) is 11.8 Å². The number of piperidine rings is 1. The lowest BCUT2D eigenvalue weighted by molar-refractivity contribution is -0.139. The lowest BCUT2D eigenvalue weighted by atomic mass is 9.94. The van der Waals surface area contributed by atoms with Gasteiger partial charge in [-0.05, 0) is 49.6 Å². The Morgan fingerprint density at radius 1 is 1.00 bits per heavy atom. The number of aryl methyl sites for hydroxylation is 1. The van der Waals surface area contributed by atoms with Gasteiger partial charge in [0.05, 0.1) is 5.92 Å². The predicted molar refractivity (Wildman–Crippen MR) is 125 cm³/mol. The number of carbonyl (C=O) groups is 3. The highest BCUT2D eigenvalue weighted by atomic mass is 16.7. The van der Waals surface area contributed by atoms with Gasteiger partial charge in [-0.3, -0.25) is 14.4 Å². The Bertz CT molecular complexity index is 1090. The van der Waals surface area contributed by atoms with E-state index in [1.54, 1.807) is 4.90 Å². The minimum absolute atomic E-state index is 0.00589. The number of hydrogen-bond donors (Lipinski definition) is 1. The molecule has 0 radical (unpaired) electrons. The van der Waals surface area contributed by atoms with Gasteiger partial charge >= 0.3 is 0 Å². The molecule has 3 aliphatic rings. The monoisotopic (exact) mass is 463 g/mol. The lowest BCUT2D eigenvalue weighted by Gasteiger charge is -2.33. The van der Waals surface area contributed by atoms with E-state index >= 15 is 0 Å². The number of rotatable bonds is 5. The summed E-state index contributed by atoms with van der Waals surface area (Å²) in [6, 6.07) is 13.4. The zero-order valence-electron chi connectivity index (χ0n) is 19.3. The molecule has 0 spiro atoms. The Balaban J connectivity index is 1.10. The topological polar surface area (TPSA) is 88.2 Å². The van der Waals surface area contributed by atoms with Gasteiger partial charge in [-0.1, -0.05) is 23.8 Å². The first-order chi connectivity index (χ1) is 16.5. The summed E-state index contributed by atoms with van der Waals surface area (Å²) in [6.07, 6.45) is 1.49. The Kier molecular flexibility index (Phi) is 6.13. The molecule has 2 saturated heterocycles. The number of anilines is 1. The first-order valence-electron chi connectivity index (χ1n) is 11.8. The maximum absolute atomic E-state index is 13.1. The van der Waals surface area contributed by atoms with E-state index in [9.17, 15) is 14.4 Å². The van der Waals surface area contributed by atoms with Crippen LogP contribution >= 0.6 is 0 Å². The van der Waals surface area contributed by atoms with Crippen molar-refractivity contribution in [3.05, 3.63) is 53.6 Å². The summed E-state index contributed by atoms with van der Waals surface area (Å²) in [7, 11) is 0. The highest BCUT2D eigenvalue weighted by molar-refractivity contribution is 6.00. The van der Waals surface area contributed by atoms with Gasteiger partial charge in [-0.15, -0.1) is 0 Å². The van der Waals surface area contributed by atoms with Crippen LogP contribution in [0.1, 0.15) is 30.4 Å². The van der Waals surface area contributed by atoms with Gasteiger partial charge in [-0.2, -0.15) is 0 Å². The second-order valence-electron chi connectivity index (χ2n) is 9.25. The molecule has 3 amide bonds. The number of likely N-dealkylation sites (tertiary alicyclic amines) is 1. The summed E-state index contributed by atoms with van der Waals surface area (Å²) in [5.74, 6) is 0.981. The van der Waals surface area contributed by atoms with Crippen LogP contribution in [-0.2, 0) is 20.9 Å². The molecule has 8 nitrogen and oxygen atoms in total. The third-order valence-corrected chi connectivity index (χ3v) is 6.90. The summed E-state index contributed by atoms with van der Waals surface area (Å²) in [5.41, 5.74) is 2.92. The number of nitrogens with zero attached hydrogens (tertiary/aromatic N) is 2. The zero-order chi connectivity index (χ0) is 23.7. The lowest BCUT2D eigenvalue weighted by Crippen LogP contribution is -2.45. The SMILES string of the molecule is Cc1ccc(N2CC(C(=O)N3CCC(C(=O)NCc4ccc5c(c4)OCO5)CC3)CC2=O)cc1. The molecule has 178 valence electrons. The predicted octanol–water partition coefficient (Wildman–Crippen LogP) is 2.63. The normalized spacial score (nSPS) is 20.0. The van der Waals surface area contributed by atoms with E-state index in [0.717, 1.165) is 22.6 Å². The summed E-state index contributed by atoms with van der Waals surface area (Å²) in [6.45, 7) is 4.14. The molecule has 0 aliphatic carbocycles. The Hall–Kier alpha value is -3.55. The second-order valence-corrected chi connectivity index (χ2v) is 9.25. The molecule has 3 heterocycles. The van der Waals surface area contributed by atoms with Crippen molar-refractivity contribution in [1.29, 1.82) is 0 Å².